The van der Waals surface area contributed by atoms with Crippen LogP contribution in [0.3, 0.4) is 0 Å². The van der Waals surface area contributed by atoms with E-state index in [2.05, 4.69) is 152 Å². The molecule has 0 aliphatic heterocycles. The fourth-order valence-electron chi connectivity index (χ4n) is 8.18. The van der Waals surface area contributed by atoms with E-state index in [0.29, 0.717) is 0 Å². The minimum atomic E-state index is 0.833. The molecule has 0 radical (unpaired) electrons. The van der Waals surface area contributed by atoms with E-state index < -0.39 is 0 Å². The van der Waals surface area contributed by atoms with Crippen LogP contribution in [0.2, 0.25) is 0 Å². The molecule has 2 nitrogen and oxygen atoms in total. The molecular formula is C48H28O2. The molecule has 0 N–H and O–H groups in total. The molecule has 9 aromatic carbocycles. The van der Waals surface area contributed by atoms with E-state index in [1.807, 2.05) is 18.2 Å². The zero-order valence-electron chi connectivity index (χ0n) is 27.0. The average molecular weight is 637 g/mol. The third-order valence-electron chi connectivity index (χ3n) is 10.4. The van der Waals surface area contributed by atoms with Crippen molar-refractivity contribution in [1.82, 2.24) is 0 Å². The smallest absolute Gasteiger partial charge is 0.139 e. The Kier molecular flexibility index (Phi) is 5.70. The summed E-state index contributed by atoms with van der Waals surface area (Å²) in [4.78, 5) is 0. The standard InChI is InChI=1S/C48H28O2/c1-2-11-29(12-3-1)31-22-21-30-13-10-19-38(39(30)25-31)48-36-17-6-4-15-34(36)47(35-16-5-7-18-37(35)48)32-23-24-44-40(26-32)42-27-41-33-14-8-9-20-43(33)49-45(41)28-46(42)50-44/h1-28H. The van der Waals surface area contributed by atoms with Crippen molar-refractivity contribution in [3.63, 3.8) is 0 Å². The fraction of sp³-hybridized carbons (Fsp3) is 0. The molecule has 0 saturated carbocycles. The highest BCUT2D eigenvalue weighted by Gasteiger charge is 2.20. The van der Waals surface area contributed by atoms with Crippen molar-refractivity contribution in [3.05, 3.63) is 170 Å². The molecule has 11 rings (SSSR count). The Balaban J connectivity index is 1.19. The molecule has 0 atom stereocenters. The van der Waals surface area contributed by atoms with Gasteiger partial charge < -0.3 is 8.83 Å². The maximum atomic E-state index is 6.42. The quantitative estimate of drug-likeness (QED) is 0.180. The first-order chi connectivity index (χ1) is 24.8. The predicted octanol–water partition coefficient (Wildman–Crippen LogP) is 13.9. The van der Waals surface area contributed by atoms with Gasteiger partial charge in [0.15, 0.2) is 0 Å². The molecule has 0 spiro atoms. The van der Waals surface area contributed by atoms with E-state index >= 15 is 0 Å². The number of fused-ring (bicyclic) bond motifs is 9. The Bertz CT molecular complexity index is 3080. The zero-order valence-corrected chi connectivity index (χ0v) is 27.0. The molecule has 0 bridgehead atoms. The number of benzene rings is 9. The van der Waals surface area contributed by atoms with E-state index in [4.69, 9.17) is 8.83 Å². The van der Waals surface area contributed by atoms with Crippen LogP contribution < -0.4 is 0 Å². The van der Waals surface area contributed by atoms with Gasteiger partial charge in [0.05, 0.1) is 0 Å². The molecule has 0 unspecified atom stereocenters. The van der Waals surface area contributed by atoms with Gasteiger partial charge in [-0.2, -0.15) is 0 Å². The van der Waals surface area contributed by atoms with Gasteiger partial charge in [-0.05, 0) is 96.0 Å². The lowest BCUT2D eigenvalue weighted by Gasteiger charge is -2.19. The second-order valence-electron chi connectivity index (χ2n) is 13.2. The van der Waals surface area contributed by atoms with Gasteiger partial charge in [-0.15, -0.1) is 0 Å². The third-order valence-corrected chi connectivity index (χ3v) is 10.4. The first-order valence-electron chi connectivity index (χ1n) is 17.1. The van der Waals surface area contributed by atoms with Crippen LogP contribution in [0, 0.1) is 0 Å². The minimum Gasteiger partial charge on any atom is -0.456 e. The van der Waals surface area contributed by atoms with E-state index in [1.165, 1.54) is 65.7 Å². The molecule has 2 heteroatoms. The Morgan fingerprint density at radius 1 is 0.260 bits per heavy atom. The lowest BCUT2D eigenvalue weighted by Crippen LogP contribution is -1.92. The molecule has 2 aromatic heterocycles. The van der Waals surface area contributed by atoms with Crippen molar-refractivity contribution in [2.45, 2.75) is 0 Å². The maximum Gasteiger partial charge on any atom is 0.139 e. The van der Waals surface area contributed by atoms with Gasteiger partial charge in [0.2, 0.25) is 0 Å². The summed E-state index contributed by atoms with van der Waals surface area (Å²) >= 11 is 0. The van der Waals surface area contributed by atoms with Crippen LogP contribution in [0.25, 0.3) is 110 Å². The molecule has 0 amide bonds. The average Bonchev–Trinajstić information content (AvgIpc) is 3.72. The summed E-state index contributed by atoms with van der Waals surface area (Å²) in [6.07, 6.45) is 0. The van der Waals surface area contributed by atoms with E-state index in [-0.39, 0.29) is 0 Å². The summed E-state index contributed by atoms with van der Waals surface area (Å²) in [6, 6.07) is 61.1. The summed E-state index contributed by atoms with van der Waals surface area (Å²) in [5.41, 5.74) is 10.8. The first-order valence-corrected chi connectivity index (χ1v) is 17.1. The maximum absolute atomic E-state index is 6.42. The van der Waals surface area contributed by atoms with Crippen molar-refractivity contribution in [1.29, 1.82) is 0 Å². The molecule has 2 heterocycles. The molecule has 0 aliphatic carbocycles. The van der Waals surface area contributed by atoms with E-state index in [1.54, 1.807) is 0 Å². The van der Waals surface area contributed by atoms with Crippen LogP contribution in [-0.2, 0) is 0 Å². The van der Waals surface area contributed by atoms with Crippen LogP contribution in [0.5, 0.6) is 0 Å². The van der Waals surface area contributed by atoms with Crippen LogP contribution in [0.4, 0.5) is 0 Å². The zero-order chi connectivity index (χ0) is 32.8. The van der Waals surface area contributed by atoms with Crippen molar-refractivity contribution in [2.75, 3.05) is 0 Å². The summed E-state index contributed by atoms with van der Waals surface area (Å²) in [5, 5.41) is 11.8. The van der Waals surface area contributed by atoms with Crippen molar-refractivity contribution < 1.29 is 8.83 Å². The van der Waals surface area contributed by atoms with Crippen molar-refractivity contribution in [2.24, 2.45) is 0 Å². The fourth-order valence-corrected chi connectivity index (χ4v) is 8.18. The predicted molar refractivity (Wildman–Crippen MR) is 210 cm³/mol. The van der Waals surface area contributed by atoms with Crippen molar-refractivity contribution >= 4 is 76.2 Å². The highest BCUT2D eigenvalue weighted by Crippen LogP contribution is 2.47. The SMILES string of the molecule is c1ccc(-c2ccc3cccc(-c4c5ccccc5c(-c5ccc6oc7cc8oc9ccccc9c8cc7c6c5)c5ccccc45)c3c2)cc1. The van der Waals surface area contributed by atoms with E-state index in [9.17, 15) is 0 Å². The summed E-state index contributed by atoms with van der Waals surface area (Å²) < 4.78 is 12.6. The topological polar surface area (TPSA) is 26.3 Å². The van der Waals surface area contributed by atoms with Gasteiger partial charge in [0, 0.05) is 27.6 Å². The summed E-state index contributed by atoms with van der Waals surface area (Å²) in [7, 11) is 0. The monoisotopic (exact) mass is 636 g/mol. The highest BCUT2D eigenvalue weighted by molar-refractivity contribution is 6.24. The normalized spacial score (nSPS) is 12.0. The lowest BCUT2D eigenvalue weighted by molar-refractivity contribution is 0.656. The van der Waals surface area contributed by atoms with Gasteiger partial charge in [-0.3, -0.25) is 0 Å². The van der Waals surface area contributed by atoms with Crippen molar-refractivity contribution in [3.8, 4) is 33.4 Å². The number of hydrogen-bond acceptors (Lipinski definition) is 2. The van der Waals surface area contributed by atoms with Gasteiger partial charge >= 0.3 is 0 Å². The largest absolute Gasteiger partial charge is 0.456 e. The molecular weight excluding hydrogens is 609 g/mol. The Morgan fingerprint density at radius 2 is 0.820 bits per heavy atom. The molecule has 11 aromatic rings. The highest BCUT2D eigenvalue weighted by atomic mass is 16.3. The third kappa shape index (κ3) is 3.96. The second kappa shape index (κ2) is 10.4. The Labute approximate surface area is 287 Å². The van der Waals surface area contributed by atoms with Crippen LogP contribution >= 0.6 is 0 Å². The number of furan rings is 2. The van der Waals surface area contributed by atoms with Gasteiger partial charge in [-0.25, -0.2) is 0 Å². The van der Waals surface area contributed by atoms with Gasteiger partial charge in [0.1, 0.15) is 22.3 Å². The Morgan fingerprint density at radius 3 is 1.56 bits per heavy atom. The molecule has 0 fully saturated rings. The van der Waals surface area contributed by atoms with Crippen LogP contribution in [0.15, 0.2) is 179 Å². The minimum absolute atomic E-state index is 0.833. The summed E-state index contributed by atoms with van der Waals surface area (Å²) in [5.74, 6) is 0. The number of hydrogen-bond donors (Lipinski definition) is 0. The number of para-hydroxylation sites is 1. The van der Waals surface area contributed by atoms with Gasteiger partial charge in [0.25, 0.3) is 0 Å². The van der Waals surface area contributed by atoms with E-state index in [0.717, 1.165) is 43.9 Å². The molecule has 0 saturated heterocycles. The first kappa shape index (κ1) is 27.3. The Hall–Kier alpha value is -6.64. The molecule has 232 valence electrons. The van der Waals surface area contributed by atoms with Gasteiger partial charge in [-0.1, -0.05) is 133 Å². The number of rotatable bonds is 3. The molecule has 50 heavy (non-hydrogen) atoms. The lowest BCUT2D eigenvalue weighted by atomic mass is 9.84. The van der Waals surface area contributed by atoms with Crippen LogP contribution in [0.1, 0.15) is 0 Å². The molecule has 0 aliphatic rings. The van der Waals surface area contributed by atoms with Crippen LogP contribution in [-0.4, -0.2) is 0 Å². The summed E-state index contributed by atoms with van der Waals surface area (Å²) in [6.45, 7) is 0. The second-order valence-corrected chi connectivity index (χ2v) is 13.2.